The third kappa shape index (κ3) is 6.94. The molecule has 0 spiro atoms. The van der Waals surface area contributed by atoms with Crippen LogP contribution in [0.25, 0.3) is 0 Å². The van der Waals surface area contributed by atoms with Gasteiger partial charge in [-0.1, -0.05) is 12.1 Å². The first-order valence-corrected chi connectivity index (χ1v) is 9.68. The molecule has 3 rings (SSSR count). The highest BCUT2D eigenvalue weighted by Gasteiger charge is 2.10. The topological polar surface area (TPSA) is 114 Å². The molecule has 0 atom stereocenters. The van der Waals surface area contributed by atoms with E-state index in [1.54, 1.807) is 37.4 Å². The molecule has 3 amide bonds. The summed E-state index contributed by atoms with van der Waals surface area (Å²) in [6, 6.07) is 12.6. The fourth-order valence-corrected chi connectivity index (χ4v) is 2.82. The highest BCUT2D eigenvalue weighted by molar-refractivity contribution is 5.94. The Hall–Kier alpha value is -4.21. The van der Waals surface area contributed by atoms with Crippen LogP contribution >= 0.6 is 0 Å². The van der Waals surface area contributed by atoms with Crippen LogP contribution in [0.3, 0.4) is 0 Å². The molecule has 10 heteroatoms. The van der Waals surface area contributed by atoms with Crippen LogP contribution in [0.15, 0.2) is 60.9 Å². The lowest BCUT2D eigenvalue weighted by atomic mass is 10.1. The molecule has 2 aromatic carbocycles. The number of halogens is 1. The summed E-state index contributed by atoms with van der Waals surface area (Å²) >= 11 is 0. The summed E-state index contributed by atoms with van der Waals surface area (Å²) in [7, 11) is 1.56. The number of hydrogen-bond acceptors (Lipinski definition) is 5. The van der Waals surface area contributed by atoms with E-state index < -0.39 is 17.6 Å². The second-order valence-electron chi connectivity index (χ2n) is 6.83. The largest absolute Gasteiger partial charge is 0.497 e. The van der Waals surface area contributed by atoms with Crippen molar-refractivity contribution in [1.29, 1.82) is 0 Å². The Bertz CT molecular complexity index is 1100. The lowest BCUT2D eigenvalue weighted by molar-refractivity contribution is -0.123. The number of benzene rings is 2. The molecule has 32 heavy (non-hydrogen) atoms. The van der Waals surface area contributed by atoms with E-state index in [1.165, 1.54) is 35.3 Å². The SMILES string of the molecule is COc1ccc(NC(=O)Cn2cc(NC(=O)CNC(=O)Cc3cccc(F)c3)cn2)cc1. The molecule has 1 aromatic heterocycles. The summed E-state index contributed by atoms with van der Waals surface area (Å²) in [6.07, 6.45) is 2.86. The first kappa shape index (κ1) is 22.5. The molecule has 3 aromatic rings. The minimum absolute atomic E-state index is 0.0354. The fraction of sp³-hybridized carbons (Fsp3) is 0.182. The molecule has 1 heterocycles. The molecule has 3 N–H and O–H groups in total. The predicted molar refractivity (Wildman–Crippen MR) is 116 cm³/mol. The molecular formula is C22H22FN5O4. The normalized spacial score (nSPS) is 10.3. The molecule has 9 nitrogen and oxygen atoms in total. The second kappa shape index (κ2) is 10.7. The molecule has 0 bridgehead atoms. The van der Waals surface area contributed by atoms with Gasteiger partial charge in [0.2, 0.25) is 17.7 Å². The smallest absolute Gasteiger partial charge is 0.246 e. The Morgan fingerprint density at radius 1 is 1.00 bits per heavy atom. The second-order valence-corrected chi connectivity index (χ2v) is 6.83. The monoisotopic (exact) mass is 439 g/mol. The van der Waals surface area contributed by atoms with Gasteiger partial charge in [0.25, 0.3) is 0 Å². The van der Waals surface area contributed by atoms with Crippen molar-refractivity contribution in [3.05, 3.63) is 72.3 Å². The summed E-state index contributed by atoms with van der Waals surface area (Å²) in [5.41, 5.74) is 1.51. The summed E-state index contributed by atoms with van der Waals surface area (Å²) in [4.78, 5) is 36.1. The molecule has 0 unspecified atom stereocenters. The molecule has 0 fully saturated rings. The number of anilines is 2. The van der Waals surface area contributed by atoms with Crippen LogP contribution in [0.1, 0.15) is 5.56 Å². The summed E-state index contributed by atoms with van der Waals surface area (Å²) in [5, 5.41) is 11.8. The number of amides is 3. The molecule has 0 saturated heterocycles. The van der Waals surface area contributed by atoms with Crippen molar-refractivity contribution in [2.75, 3.05) is 24.3 Å². The number of hydrogen-bond donors (Lipinski definition) is 3. The molecule has 166 valence electrons. The van der Waals surface area contributed by atoms with Crippen LogP contribution < -0.4 is 20.7 Å². The number of nitrogens with one attached hydrogen (secondary N) is 3. The summed E-state index contributed by atoms with van der Waals surface area (Å²) in [5.74, 6) is -0.902. The lowest BCUT2D eigenvalue weighted by Gasteiger charge is -2.07. The number of carbonyl (C=O) groups excluding carboxylic acids is 3. The predicted octanol–water partition coefficient (Wildman–Crippen LogP) is 1.97. The van der Waals surface area contributed by atoms with Gasteiger partial charge >= 0.3 is 0 Å². The first-order valence-electron chi connectivity index (χ1n) is 9.68. The van der Waals surface area contributed by atoms with Gasteiger partial charge in [0.15, 0.2) is 0 Å². The van der Waals surface area contributed by atoms with Gasteiger partial charge < -0.3 is 20.7 Å². The van der Waals surface area contributed by atoms with Crippen LogP contribution in [-0.4, -0.2) is 41.2 Å². The summed E-state index contributed by atoms with van der Waals surface area (Å²) < 4.78 is 19.6. The average Bonchev–Trinajstić information content (AvgIpc) is 3.19. The van der Waals surface area contributed by atoms with Crippen molar-refractivity contribution in [2.45, 2.75) is 13.0 Å². The number of ether oxygens (including phenoxy) is 1. The maximum atomic E-state index is 13.2. The van der Waals surface area contributed by atoms with E-state index >= 15 is 0 Å². The molecule has 0 aliphatic rings. The van der Waals surface area contributed by atoms with E-state index in [-0.39, 0.29) is 25.4 Å². The zero-order valence-electron chi connectivity index (χ0n) is 17.3. The van der Waals surface area contributed by atoms with E-state index in [9.17, 15) is 18.8 Å². The maximum absolute atomic E-state index is 13.2. The maximum Gasteiger partial charge on any atom is 0.246 e. The minimum atomic E-state index is -0.458. The van der Waals surface area contributed by atoms with Crippen molar-refractivity contribution in [3.63, 3.8) is 0 Å². The van der Waals surface area contributed by atoms with E-state index in [1.807, 2.05) is 0 Å². The van der Waals surface area contributed by atoms with Crippen LogP contribution in [0, 0.1) is 5.82 Å². The molecule has 0 saturated carbocycles. The molecule has 0 aliphatic heterocycles. The number of aromatic nitrogens is 2. The molecule has 0 radical (unpaired) electrons. The Labute approximate surface area is 183 Å². The standard InChI is InChI=1S/C22H22FN5O4/c1-32-19-7-5-17(6-8-19)26-22(31)14-28-13-18(11-25-28)27-21(30)12-24-20(29)10-15-3-2-4-16(23)9-15/h2-9,11,13H,10,12,14H2,1H3,(H,24,29)(H,26,31)(H,27,30). The van der Waals surface area contributed by atoms with Crippen molar-refractivity contribution in [3.8, 4) is 5.75 Å². The Morgan fingerprint density at radius 3 is 2.47 bits per heavy atom. The number of methoxy groups -OCH3 is 1. The van der Waals surface area contributed by atoms with Gasteiger partial charge in [-0.2, -0.15) is 5.10 Å². The van der Waals surface area contributed by atoms with Crippen LogP contribution in [0.4, 0.5) is 15.8 Å². The van der Waals surface area contributed by atoms with Gasteiger partial charge in [-0.05, 0) is 42.0 Å². The summed E-state index contributed by atoms with van der Waals surface area (Å²) in [6.45, 7) is -0.302. The van der Waals surface area contributed by atoms with Gasteiger partial charge in [-0.15, -0.1) is 0 Å². The quantitative estimate of drug-likeness (QED) is 0.472. The van der Waals surface area contributed by atoms with Crippen LogP contribution in [0.5, 0.6) is 5.75 Å². The Morgan fingerprint density at radius 2 is 1.75 bits per heavy atom. The van der Waals surface area contributed by atoms with Crippen molar-refractivity contribution in [2.24, 2.45) is 0 Å². The molecular weight excluding hydrogens is 417 g/mol. The third-order valence-corrected chi connectivity index (χ3v) is 4.30. The fourth-order valence-electron chi connectivity index (χ4n) is 2.82. The zero-order chi connectivity index (χ0) is 22.9. The van der Waals surface area contributed by atoms with E-state index in [4.69, 9.17) is 4.74 Å². The minimum Gasteiger partial charge on any atom is -0.497 e. The van der Waals surface area contributed by atoms with Crippen molar-refractivity contribution < 1.29 is 23.5 Å². The Kier molecular flexibility index (Phi) is 7.52. The third-order valence-electron chi connectivity index (χ3n) is 4.30. The highest BCUT2D eigenvalue weighted by atomic mass is 19.1. The van der Waals surface area contributed by atoms with Crippen molar-refractivity contribution >= 4 is 29.1 Å². The average molecular weight is 439 g/mol. The number of rotatable bonds is 9. The van der Waals surface area contributed by atoms with Crippen molar-refractivity contribution in [1.82, 2.24) is 15.1 Å². The van der Waals surface area contributed by atoms with Gasteiger partial charge in [-0.25, -0.2) is 4.39 Å². The van der Waals surface area contributed by atoms with E-state index in [0.29, 0.717) is 22.7 Å². The van der Waals surface area contributed by atoms with Gasteiger partial charge in [0.05, 0.1) is 32.0 Å². The lowest BCUT2D eigenvalue weighted by Crippen LogP contribution is -2.33. The highest BCUT2D eigenvalue weighted by Crippen LogP contribution is 2.15. The van der Waals surface area contributed by atoms with E-state index in [2.05, 4.69) is 21.0 Å². The van der Waals surface area contributed by atoms with Crippen LogP contribution in [-0.2, 0) is 27.3 Å². The number of carbonyl (C=O) groups is 3. The van der Waals surface area contributed by atoms with Gasteiger partial charge in [0, 0.05) is 11.9 Å². The van der Waals surface area contributed by atoms with Gasteiger partial charge in [0.1, 0.15) is 18.1 Å². The number of nitrogens with zero attached hydrogens (tertiary/aromatic N) is 2. The van der Waals surface area contributed by atoms with E-state index in [0.717, 1.165) is 0 Å². The Balaban J connectivity index is 1.42. The first-order chi connectivity index (χ1) is 15.4. The molecule has 0 aliphatic carbocycles. The van der Waals surface area contributed by atoms with Gasteiger partial charge in [-0.3, -0.25) is 19.1 Å². The zero-order valence-corrected chi connectivity index (χ0v) is 17.3. The van der Waals surface area contributed by atoms with Crippen LogP contribution in [0.2, 0.25) is 0 Å².